The van der Waals surface area contributed by atoms with Crippen LogP contribution in [0.3, 0.4) is 0 Å². The van der Waals surface area contributed by atoms with Crippen LogP contribution in [0.5, 0.6) is 5.75 Å². The molecule has 0 aromatic heterocycles. The van der Waals surface area contributed by atoms with Gasteiger partial charge in [0.2, 0.25) is 0 Å². The Morgan fingerprint density at radius 1 is 1.50 bits per heavy atom. The van der Waals surface area contributed by atoms with Crippen LogP contribution in [0.1, 0.15) is 37.0 Å². The lowest BCUT2D eigenvalue weighted by Gasteiger charge is -2.11. The van der Waals surface area contributed by atoms with Gasteiger partial charge in [-0.05, 0) is 42.5 Å². The van der Waals surface area contributed by atoms with Crippen LogP contribution in [0, 0.1) is 0 Å². The molecule has 0 saturated carbocycles. The van der Waals surface area contributed by atoms with E-state index >= 15 is 0 Å². The van der Waals surface area contributed by atoms with E-state index in [-0.39, 0.29) is 6.10 Å². The summed E-state index contributed by atoms with van der Waals surface area (Å²) in [6.07, 6.45) is 1.69. The lowest BCUT2D eigenvalue weighted by Crippen LogP contribution is -2.16. The Labute approximate surface area is 95.7 Å². The number of fused-ring (bicyclic) bond motifs is 1. The highest BCUT2D eigenvalue weighted by Gasteiger charge is 2.20. The minimum atomic E-state index is -0.404. The van der Waals surface area contributed by atoms with Gasteiger partial charge in [-0.1, -0.05) is 13.0 Å². The highest BCUT2D eigenvalue weighted by molar-refractivity contribution is 5.39. The monoisotopic (exact) mass is 222 g/mol. The Morgan fingerprint density at radius 2 is 2.31 bits per heavy atom. The molecule has 0 fully saturated rings. The van der Waals surface area contributed by atoms with Crippen molar-refractivity contribution in [2.75, 3.05) is 6.61 Å². The molecule has 0 saturated heterocycles. The smallest absolute Gasteiger partial charge is 0.119 e. The number of ether oxygens (including phenoxy) is 1. The number of benzene rings is 1. The number of rotatable bonds is 4. The van der Waals surface area contributed by atoms with Crippen LogP contribution in [0.15, 0.2) is 18.2 Å². The Morgan fingerprint density at radius 3 is 3.06 bits per heavy atom. The van der Waals surface area contributed by atoms with E-state index in [2.05, 4.69) is 0 Å². The Hall–Kier alpha value is -1.06. The first-order valence-electron chi connectivity index (χ1n) is 5.82. The molecule has 1 aliphatic carbocycles. The molecule has 0 radical (unpaired) electrons. The summed E-state index contributed by atoms with van der Waals surface area (Å²) in [4.78, 5) is 0. The molecule has 16 heavy (non-hydrogen) atoms. The van der Waals surface area contributed by atoms with Crippen molar-refractivity contribution < 1.29 is 14.9 Å². The predicted molar refractivity (Wildman–Crippen MR) is 61.5 cm³/mol. The molecule has 3 nitrogen and oxygen atoms in total. The zero-order valence-corrected chi connectivity index (χ0v) is 9.52. The highest BCUT2D eigenvalue weighted by Crippen LogP contribution is 2.33. The molecule has 0 amide bonds. The zero-order valence-electron chi connectivity index (χ0n) is 9.52. The van der Waals surface area contributed by atoms with Gasteiger partial charge in [-0.15, -0.1) is 0 Å². The second kappa shape index (κ2) is 4.85. The Bertz CT molecular complexity index is 362. The summed E-state index contributed by atoms with van der Waals surface area (Å²) in [6, 6.07) is 5.74. The molecule has 0 heterocycles. The topological polar surface area (TPSA) is 49.7 Å². The first kappa shape index (κ1) is 11.4. The third kappa shape index (κ3) is 2.36. The van der Waals surface area contributed by atoms with E-state index in [4.69, 9.17) is 4.74 Å². The maximum Gasteiger partial charge on any atom is 0.119 e. The molecule has 1 aromatic rings. The van der Waals surface area contributed by atoms with Gasteiger partial charge in [0.1, 0.15) is 12.4 Å². The third-order valence-electron chi connectivity index (χ3n) is 3.07. The van der Waals surface area contributed by atoms with Crippen LogP contribution in [-0.2, 0) is 6.42 Å². The lowest BCUT2D eigenvalue weighted by molar-refractivity contribution is 0.104. The van der Waals surface area contributed by atoms with Gasteiger partial charge < -0.3 is 14.9 Å². The number of aliphatic hydroxyl groups is 2. The maximum atomic E-state index is 9.65. The Balaban J connectivity index is 2.02. The van der Waals surface area contributed by atoms with Gasteiger partial charge in [-0.3, -0.25) is 0 Å². The van der Waals surface area contributed by atoms with Crippen molar-refractivity contribution in [3.63, 3.8) is 0 Å². The fraction of sp³-hybridized carbons (Fsp3) is 0.538. The fourth-order valence-corrected chi connectivity index (χ4v) is 1.97. The second-order valence-corrected chi connectivity index (χ2v) is 4.29. The summed E-state index contributed by atoms with van der Waals surface area (Å²) in [5.41, 5.74) is 2.18. The van der Waals surface area contributed by atoms with Crippen molar-refractivity contribution in [1.29, 1.82) is 0 Å². The number of aryl methyl sites for hydroxylation is 1. The summed E-state index contributed by atoms with van der Waals surface area (Å²) in [6.45, 7) is 2.25. The molecule has 3 heteroatoms. The molecular formula is C13H18O3. The van der Waals surface area contributed by atoms with E-state index in [1.54, 1.807) is 0 Å². The van der Waals surface area contributed by atoms with Crippen molar-refractivity contribution in [2.24, 2.45) is 0 Å². The third-order valence-corrected chi connectivity index (χ3v) is 3.07. The van der Waals surface area contributed by atoms with Gasteiger partial charge in [-0.25, -0.2) is 0 Å². The lowest BCUT2D eigenvalue weighted by atomic mass is 10.1. The molecule has 2 N–H and O–H groups in total. The van der Waals surface area contributed by atoms with Crippen LogP contribution in [0.25, 0.3) is 0 Å². The van der Waals surface area contributed by atoms with E-state index in [0.717, 1.165) is 29.7 Å². The molecule has 1 aromatic carbocycles. The molecular weight excluding hydrogens is 204 g/mol. The van der Waals surface area contributed by atoms with E-state index < -0.39 is 6.10 Å². The van der Waals surface area contributed by atoms with Gasteiger partial charge >= 0.3 is 0 Å². The molecule has 0 spiro atoms. The van der Waals surface area contributed by atoms with Gasteiger partial charge in [0.25, 0.3) is 0 Å². The average Bonchev–Trinajstić information content (AvgIpc) is 2.67. The van der Waals surface area contributed by atoms with Crippen molar-refractivity contribution in [2.45, 2.75) is 38.4 Å². The van der Waals surface area contributed by atoms with E-state index in [9.17, 15) is 10.2 Å². The van der Waals surface area contributed by atoms with Crippen LogP contribution in [-0.4, -0.2) is 22.9 Å². The standard InChI is InChI=1S/C13H18O3/c1-2-10(14)8-16-11-4-5-12-9(7-11)3-6-13(12)15/h4-5,7,10,13-15H,2-3,6,8H2,1H3/t10?,13-/m0/s1. The summed E-state index contributed by atoms with van der Waals surface area (Å²) in [5.74, 6) is 0.778. The quantitative estimate of drug-likeness (QED) is 0.817. The number of aliphatic hydroxyl groups excluding tert-OH is 2. The van der Waals surface area contributed by atoms with E-state index in [1.165, 1.54) is 0 Å². The van der Waals surface area contributed by atoms with Crippen molar-refractivity contribution in [3.8, 4) is 5.75 Å². The van der Waals surface area contributed by atoms with E-state index in [1.807, 2.05) is 25.1 Å². The molecule has 2 atom stereocenters. The van der Waals surface area contributed by atoms with Crippen molar-refractivity contribution in [1.82, 2.24) is 0 Å². The zero-order chi connectivity index (χ0) is 11.5. The van der Waals surface area contributed by atoms with Gasteiger partial charge in [0.05, 0.1) is 12.2 Å². The van der Waals surface area contributed by atoms with E-state index in [0.29, 0.717) is 13.0 Å². The van der Waals surface area contributed by atoms with Gasteiger partial charge in [0, 0.05) is 0 Å². The summed E-state index contributed by atoms with van der Waals surface area (Å²) < 4.78 is 5.49. The van der Waals surface area contributed by atoms with Gasteiger partial charge in [0.15, 0.2) is 0 Å². The van der Waals surface area contributed by atoms with Gasteiger partial charge in [-0.2, -0.15) is 0 Å². The maximum absolute atomic E-state index is 9.65. The average molecular weight is 222 g/mol. The van der Waals surface area contributed by atoms with Crippen molar-refractivity contribution >= 4 is 0 Å². The number of hydrogen-bond acceptors (Lipinski definition) is 3. The summed E-state index contributed by atoms with van der Waals surface area (Å²) in [7, 11) is 0. The normalized spacial score (nSPS) is 20.6. The van der Waals surface area contributed by atoms with Crippen molar-refractivity contribution in [3.05, 3.63) is 29.3 Å². The Kier molecular flexibility index (Phi) is 3.46. The summed E-state index contributed by atoms with van der Waals surface area (Å²) >= 11 is 0. The first-order valence-corrected chi connectivity index (χ1v) is 5.82. The molecule has 1 aliphatic rings. The fourth-order valence-electron chi connectivity index (χ4n) is 1.97. The van der Waals surface area contributed by atoms with Crippen LogP contribution >= 0.6 is 0 Å². The molecule has 0 aliphatic heterocycles. The van der Waals surface area contributed by atoms with Crippen LogP contribution < -0.4 is 4.74 Å². The molecule has 88 valence electrons. The molecule has 1 unspecified atom stereocenters. The summed E-state index contributed by atoms with van der Waals surface area (Å²) in [5, 5.41) is 19.0. The SMILES string of the molecule is CCC(O)COc1ccc2c(c1)CC[C@@H]2O. The predicted octanol–water partition coefficient (Wildman–Crippen LogP) is 1.82. The largest absolute Gasteiger partial charge is 0.491 e. The van der Waals surface area contributed by atoms with Crippen LogP contribution in [0.2, 0.25) is 0 Å². The first-order chi connectivity index (χ1) is 7.70. The second-order valence-electron chi connectivity index (χ2n) is 4.29. The van der Waals surface area contributed by atoms with Crippen LogP contribution in [0.4, 0.5) is 0 Å². The highest BCUT2D eigenvalue weighted by atomic mass is 16.5. The minimum Gasteiger partial charge on any atom is -0.491 e. The minimum absolute atomic E-state index is 0.315. The number of hydrogen-bond donors (Lipinski definition) is 2. The molecule has 0 bridgehead atoms. The molecule has 2 rings (SSSR count).